The molecule has 0 saturated heterocycles. The Morgan fingerprint density at radius 2 is 2.13 bits per heavy atom. The van der Waals surface area contributed by atoms with Crippen molar-refractivity contribution in [3.8, 4) is 11.3 Å². The maximum Gasteiger partial charge on any atom is 0.319 e. The van der Waals surface area contributed by atoms with Gasteiger partial charge in [0, 0.05) is 28.2 Å². The van der Waals surface area contributed by atoms with Crippen molar-refractivity contribution in [3.05, 3.63) is 46.2 Å². The molecule has 0 fully saturated rings. The lowest BCUT2D eigenvalue weighted by atomic mass is 10.1. The van der Waals surface area contributed by atoms with Gasteiger partial charge in [0.1, 0.15) is 10.7 Å². The van der Waals surface area contributed by atoms with E-state index in [4.69, 9.17) is 0 Å². The topological polar surface area (TPSA) is 79.8 Å². The predicted octanol–water partition coefficient (Wildman–Crippen LogP) is 3.93. The number of hydrogen-bond donors (Lipinski definition) is 2. The number of thiazole rings is 1. The molecule has 3 rings (SSSR count). The molecule has 0 radical (unpaired) electrons. The van der Waals surface area contributed by atoms with Crippen LogP contribution in [0.3, 0.4) is 0 Å². The van der Waals surface area contributed by atoms with Crippen LogP contribution in [-0.2, 0) is 0 Å². The standard InChI is InChI=1S/C15H15N5OS2/c1-2-12(14-16-7-8-22-14)18-15(21)17-11-5-3-10(4-6-11)13-9-23-20-19-13/h3-9,12H,2H2,1H3,(H2,17,18,21). The van der Waals surface area contributed by atoms with E-state index in [0.29, 0.717) is 0 Å². The van der Waals surface area contributed by atoms with Gasteiger partial charge in [0.25, 0.3) is 0 Å². The average molecular weight is 345 g/mol. The Balaban J connectivity index is 1.61. The summed E-state index contributed by atoms with van der Waals surface area (Å²) in [5, 5.41) is 14.5. The minimum Gasteiger partial charge on any atom is -0.329 e. The van der Waals surface area contributed by atoms with Gasteiger partial charge in [-0.05, 0) is 30.1 Å². The maximum absolute atomic E-state index is 12.1. The van der Waals surface area contributed by atoms with Crippen LogP contribution in [0.25, 0.3) is 11.3 Å². The number of nitrogens with one attached hydrogen (secondary N) is 2. The van der Waals surface area contributed by atoms with Crippen LogP contribution in [-0.4, -0.2) is 20.6 Å². The lowest BCUT2D eigenvalue weighted by molar-refractivity contribution is 0.248. The molecule has 0 bridgehead atoms. The van der Waals surface area contributed by atoms with Gasteiger partial charge in [-0.15, -0.1) is 16.4 Å². The number of benzene rings is 1. The molecule has 6 nitrogen and oxygen atoms in total. The second kappa shape index (κ2) is 7.30. The highest BCUT2D eigenvalue weighted by Gasteiger charge is 2.14. The number of nitrogens with zero attached hydrogens (tertiary/aromatic N) is 3. The highest BCUT2D eigenvalue weighted by atomic mass is 32.1. The van der Waals surface area contributed by atoms with Crippen LogP contribution in [0.2, 0.25) is 0 Å². The Morgan fingerprint density at radius 1 is 1.30 bits per heavy atom. The fourth-order valence-corrected chi connectivity index (χ4v) is 3.32. The van der Waals surface area contributed by atoms with Crippen LogP contribution in [0.15, 0.2) is 41.2 Å². The van der Waals surface area contributed by atoms with Gasteiger partial charge in [0.2, 0.25) is 0 Å². The third-order valence-corrected chi connectivity index (χ3v) is 4.66. The minimum atomic E-state index is -0.241. The largest absolute Gasteiger partial charge is 0.329 e. The molecule has 0 spiro atoms. The van der Waals surface area contributed by atoms with E-state index in [1.165, 1.54) is 22.9 Å². The zero-order chi connectivity index (χ0) is 16.1. The second-order valence-corrected chi connectivity index (χ2v) is 6.33. The summed E-state index contributed by atoms with van der Waals surface area (Å²) < 4.78 is 3.84. The average Bonchev–Trinajstić information content (AvgIpc) is 3.26. The number of aromatic nitrogens is 3. The molecule has 2 heterocycles. The van der Waals surface area contributed by atoms with Gasteiger partial charge in [-0.25, -0.2) is 9.78 Å². The van der Waals surface area contributed by atoms with Crippen LogP contribution < -0.4 is 10.6 Å². The third-order valence-electron chi connectivity index (χ3n) is 3.26. The summed E-state index contributed by atoms with van der Waals surface area (Å²) in [4.78, 5) is 16.4. The van der Waals surface area contributed by atoms with Crippen molar-refractivity contribution in [3.63, 3.8) is 0 Å². The zero-order valence-electron chi connectivity index (χ0n) is 12.4. The van der Waals surface area contributed by atoms with E-state index in [0.717, 1.165) is 28.4 Å². The minimum absolute atomic E-state index is 0.0737. The normalized spacial score (nSPS) is 11.9. The van der Waals surface area contributed by atoms with E-state index >= 15 is 0 Å². The summed E-state index contributed by atoms with van der Waals surface area (Å²) in [6.45, 7) is 2.02. The van der Waals surface area contributed by atoms with Gasteiger partial charge >= 0.3 is 6.03 Å². The first-order chi connectivity index (χ1) is 11.3. The van der Waals surface area contributed by atoms with E-state index in [9.17, 15) is 4.79 Å². The van der Waals surface area contributed by atoms with Gasteiger partial charge in [0.05, 0.1) is 6.04 Å². The molecule has 3 aromatic rings. The number of amides is 2. The molecule has 23 heavy (non-hydrogen) atoms. The van der Waals surface area contributed by atoms with E-state index < -0.39 is 0 Å². The van der Waals surface area contributed by atoms with Crippen LogP contribution >= 0.6 is 22.9 Å². The fourth-order valence-electron chi connectivity index (χ4n) is 2.09. The van der Waals surface area contributed by atoms with Crippen molar-refractivity contribution >= 4 is 34.6 Å². The van der Waals surface area contributed by atoms with Crippen molar-refractivity contribution in [2.75, 3.05) is 5.32 Å². The Morgan fingerprint density at radius 3 is 2.74 bits per heavy atom. The van der Waals surface area contributed by atoms with Crippen LogP contribution in [0.1, 0.15) is 24.4 Å². The van der Waals surface area contributed by atoms with Gasteiger partial charge in [-0.1, -0.05) is 23.5 Å². The van der Waals surface area contributed by atoms with Gasteiger partial charge in [0.15, 0.2) is 0 Å². The molecule has 2 aromatic heterocycles. The molecule has 1 aromatic carbocycles. The van der Waals surface area contributed by atoms with E-state index in [1.807, 2.05) is 41.9 Å². The second-order valence-electron chi connectivity index (χ2n) is 4.80. The molecule has 0 aliphatic heterocycles. The molecule has 2 amide bonds. The van der Waals surface area contributed by atoms with Gasteiger partial charge < -0.3 is 10.6 Å². The lowest BCUT2D eigenvalue weighted by Gasteiger charge is -2.15. The smallest absolute Gasteiger partial charge is 0.319 e. The first-order valence-corrected chi connectivity index (χ1v) is 8.82. The molecule has 118 valence electrons. The highest BCUT2D eigenvalue weighted by Crippen LogP contribution is 2.21. The molecular formula is C15H15N5OS2. The van der Waals surface area contributed by atoms with Crippen LogP contribution in [0.4, 0.5) is 10.5 Å². The molecule has 8 heteroatoms. The summed E-state index contributed by atoms with van der Waals surface area (Å²) in [5.41, 5.74) is 2.53. The highest BCUT2D eigenvalue weighted by molar-refractivity contribution is 7.09. The van der Waals surface area contributed by atoms with Gasteiger partial charge in [-0.3, -0.25) is 0 Å². The molecule has 0 aliphatic rings. The van der Waals surface area contributed by atoms with Crippen molar-refractivity contribution in [1.29, 1.82) is 0 Å². The van der Waals surface area contributed by atoms with E-state index in [2.05, 4.69) is 25.2 Å². The Labute approximate surface area is 141 Å². The summed E-state index contributed by atoms with van der Waals surface area (Å²) in [7, 11) is 0. The first-order valence-electron chi connectivity index (χ1n) is 7.10. The summed E-state index contributed by atoms with van der Waals surface area (Å²) in [5.74, 6) is 0. The fraction of sp³-hybridized carbons (Fsp3) is 0.200. The lowest BCUT2D eigenvalue weighted by Crippen LogP contribution is -2.32. The summed E-state index contributed by atoms with van der Waals surface area (Å²) >= 11 is 2.85. The van der Waals surface area contributed by atoms with Crippen LogP contribution in [0, 0.1) is 0 Å². The van der Waals surface area contributed by atoms with Crippen LogP contribution in [0.5, 0.6) is 0 Å². The maximum atomic E-state index is 12.1. The molecular weight excluding hydrogens is 330 g/mol. The molecule has 0 aliphatic carbocycles. The van der Waals surface area contributed by atoms with E-state index in [1.54, 1.807) is 6.20 Å². The third kappa shape index (κ3) is 3.91. The van der Waals surface area contributed by atoms with Crippen molar-refractivity contribution in [1.82, 2.24) is 19.9 Å². The quantitative estimate of drug-likeness (QED) is 0.734. The molecule has 2 N–H and O–H groups in total. The SMILES string of the molecule is CCC(NC(=O)Nc1ccc(-c2csnn2)cc1)c1nccs1. The predicted molar refractivity (Wildman–Crippen MR) is 92.6 cm³/mol. The Kier molecular flexibility index (Phi) is 4.94. The number of anilines is 1. The number of carbonyl (C=O) groups excluding carboxylic acids is 1. The monoisotopic (exact) mass is 345 g/mol. The number of hydrogen-bond acceptors (Lipinski definition) is 6. The van der Waals surface area contributed by atoms with Crippen molar-refractivity contribution in [2.24, 2.45) is 0 Å². The summed E-state index contributed by atoms with van der Waals surface area (Å²) in [6.07, 6.45) is 2.53. The summed E-state index contributed by atoms with van der Waals surface area (Å²) in [6, 6.07) is 7.19. The van der Waals surface area contributed by atoms with Crippen molar-refractivity contribution < 1.29 is 4.79 Å². The van der Waals surface area contributed by atoms with Gasteiger partial charge in [-0.2, -0.15) is 0 Å². The first kappa shape index (κ1) is 15.6. The van der Waals surface area contributed by atoms with E-state index in [-0.39, 0.29) is 12.1 Å². The number of rotatable bonds is 5. The molecule has 0 saturated carbocycles. The van der Waals surface area contributed by atoms with Crippen molar-refractivity contribution in [2.45, 2.75) is 19.4 Å². The zero-order valence-corrected chi connectivity index (χ0v) is 14.0. The Bertz CT molecular complexity index is 741. The molecule has 1 unspecified atom stereocenters. The number of urea groups is 1. The number of carbonyl (C=O) groups is 1. The Hall–Kier alpha value is -2.32. The molecule has 1 atom stereocenters.